The van der Waals surface area contributed by atoms with Crippen molar-refractivity contribution in [3.63, 3.8) is 0 Å². The standard InChI is InChI=1S/C25H25FO3/c26-24-22(27)18-28-23(24)16-17-29-25(19-10-4-1-5-11-19,20-12-6-2-7-13-20)21-14-8-3-9-15-21/h1-15,22-24,27H,16-18H2/t22-,23-,24+/m1/s1. The molecule has 4 rings (SSSR count). The van der Waals surface area contributed by atoms with Gasteiger partial charge in [0.05, 0.1) is 19.3 Å². The topological polar surface area (TPSA) is 38.7 Å². The molecule has 0 amide bonds. The van der Waals surface area contributed by atoms with Crippen LogP contribution in [0.1, 0.15) is 23.1 Å². The van der Waals surface area contributed by atoms with Crippen molar-refractivity contribution in [3.05, 3.63) is 108 Å². The predicted molar refractivity (Wildman–Crippen MR) is 110 cm³/mol. The van der Waals surface area contributed by atoms with Gasteiger partial charge < -0.3 is 14.6 Å². The number of hydrogen-bond acceptors (Lipinski definition) is 3. The molecule has 150 valence electrons. The van der Waals surface area contributed by atoms with E-state index in [1.807, 2.05) is 91.0 Å². The van der Waals surface area contributed by atoms with Crippen molar-refractivity contribution in [1.29, 1.82) is 0 Å². The van der Waals surface area contributed by atoms with Crippen molar-refractivity contribution in [3.8, 4) is 0 Å². The van der Waals surface area contributed by atoms with Gasteiger partial charge in [-0.1, -0.05) is 91.0 Å². The number of rotatable bonds is 7. The Labute approximate surface area is 170 Å². The zero-order valence-electron chi connectivity index (χ0n) is 16.2. The third kappa shape index (κ3) is 3.97. The van der Waals surface area contributed by atoms with E-state index in [4.69, 9.17) is 9.47 Å². The zero-order valence-corrected chi connectivity index (χ0v) is 16.2. The van der Waals surface area contributed by atoms with Gasteiger partial charge in [0, 0.05) is 0 Å². The minimum absolute atomic E-state index is 0.0348. The molecule has 1 aliphatic rings. The summed E-state index contributed by atoms with van der Waals surface area (Å²) in [5, 5.41) is 9.62. The molecule has 0 aliphatic carbocycles. The highest BCUT2D eigenvalue weighted by Gasteiger charge is 2.39. The Morgan fingerprint density at radius 1 is 0.828 bits per heavy atom. The summed E-state index contributed by atoms with van der Waals surface area (Å²) in [7, 11) is 0. The summed E-state index contributed by atoms with van der Waals surface area (Å²) in [6.45, 7) is 0.323. The maximum absolute atomic E-state index is 14.1. The first-order valence-corrected chi connectivity index (χ1v) is 9.96. The molecule has 0 aromatic heterocycles. The zero-order chi connectivity index (χ0) is 20.1. The van der Waals surface area contributed by atoms with Crippen LogP contribution in [0.15, 0.2) is 91.0 Å². The Bertz CT molecular complexity index is 789. The molecule has 4 heteroatoms. The molecular formula is C25H25FO3. The molecule has 1 aliphatic heterocycles. The second kappa shape index (κ2) is 8.87. The van der Waals surface area contributed by atoms with Crippen LogP contribution < -0.4 is 0 Å². The quantitative estimate of drug-likeness (QED) is 0.603. The van der Waals surface area contributed by atoms with Crippen molar-refractivity contribution in [1.82, 2.24) is 0 Å². The molecule has 3 aromatic carbocycles. The molecule has 1 N–H and O–H groups in total. The second-order valence-electron chi connectivity index (χ2n) is 7.30. The summed E-state index contributed by atoms with van der Waals surface area (Å²) in [4.78, 5) is 0. The van der Waals surface area contributed by atoms with Gasteiger partial charge in [-0.05, 0) is 23.1 Å². The van der Waals surface area contributed by atoms with Gasteiger partial charge >= 0.3 is 0 Å². The van der Waals surface area contributed by atoms with Crippen LogP contribution in [0.5, 0.6) is 0 Å². The Kier molecular flexibility index (Phi) is 6.05. The van der Waals surface area contributed by atoms with E-state index >= 15 is 0 Å². The van der Waals surface area contributed by atoms with Crippen molar-refractivity contribution in [2.45, 2.75) is 30.4 Å². The van der Waals surface area contributed by atoms with E-state index < -0.39 is 24.0 Å². The number of hydrogen-bond donors (Lipinski definition) is 1. The molecule has 0 radical (unpaired) electrons. The summed E-state index contributed by atoms with van der Waals surface area (Å²) in [6.07, 6.45) is -2.71. The van der Waals surface area contributed by atoms with Gasteiger partial charge in [0.1, 0.15) is 11.7 Å². The molecule has 3 atom stereocenters. The highest BCUT2D eigenvalue weighted by molar-refractivity contribution is 5.47. The summed E-state index contributed by atoms with van der Waals surface area (Å²) < 4.78 is 26.1. The molecular weight excluding hydrogens is 367 g/mol. The van der Waals surface area contributed by atoms with Crippen LogP contribution >= 0.6 is 0 Å². The first-order valence-electron chi connectivity index (χ1n) is 9.96. The number of benzene rings is 3. The average Bonchev–Trinajstić information content (AvgIpc) is 3.11. The predicted octanol–water partition coefficient (Wildman–Crippen LogP) is 4.48. The van der Waals surface area contributed by atoms with Crippen LogP contribution in [-0.2, 0) is 15.1 Å². The number of alkyl halides is 1. The van der Waals surface area contributed by atoms with E-state index in [1.54, 1.807) is 0 Å². The normalized spacial score (nSPS) is 21.9. The first-order chi connectivity index (χ1) is 14.2. The summed E-state index contributed by atoms with van der Waals surface area (Å²) in [5.41, 5.74) is 2.18. The lowest BCUT2D eigenvalue weighted by atomic mass is 9.80. The van der Waals surface area contributed by atoms with Gasteiger partial charge in [-0.15, -0.1) is 0 Å². The summed E-state index contributed by atoms with van der Waals surface area (Å²) >= 11 is 0. The third-order valence-electron chi connectivity index (χ3n) is 5.47. The lowest BCUT2D eigenvalue weighted by Gasteiger charge is -2.36. The number of aliphatic hydroxyl groups is 1. The minimum Gasteiger partial charge on any atom is -0.388 e. The molecule has 3 nitrogen and oxygen atoms in total. The molecule has 0 saturated carbocycles. The Balaban J connectivity index is 1.72. The van der Waals surface area contributed by atoms with Crippen LogP contribution in [-0.4, -0.2) is 36.7 Å². The lowest BCUT2D eigenvalue weighted by Crippen LogP contribution is -2.35. The van der Waals surface area contributed by atoms with Crippen molar-refractivity contribution >= 4 is 0 Å². The number of aliphatic hydroxyl groups excluding tert-OH is 1. The second-order valence-corrected chi connectivity index (χ2v) is 7.30. The van der Waals surface area contributed by atoms with Crippen LogP contribution in [0.3, 0.4) is 0 Å². The average molecular weight is 392 g/mol. The van der Waals surface area contributed by atoms with Gasteiger partial charge in [0.25, 0.3) is 0 Å². The summed E-state index contributed by atoms with van der Waals surface area (Å²) in [5.74, 6) is 0. The maximum atomic E-state index is 14.1. The Morgan fingerprint density at radius 3 is 1.66 bits per heavy atom. The lowest BCUT2D eigenvalue weighted by molar-refractivity contribution is -0.0183. The van der Waals surface area contributed by atoms with Gasteiger partial charge in [0.2, 0.25) is 0 Å². The molecule has 0 spiro atoms. The molecule has 1 fully saturated rings. The Morgan fingerprint density at radius 2 is 1.28 bits per heavy atom. The number of ether oxygens (including phenoxy) is 2. The fourth-order valence-electron chi connectivity index (χ4n) is 3.99. The molecule has 1 saturated heterocycles. The fourth-order valence-corrected chi connectivity index (χ4v) is 3.99. The smallest absolute Gasteiger partial charge is 0.154 e. The largest absolute Gasteiger partial charge is 0.388 e. The molecule has 0 unspecified atom stereocenters. The van der Waals surface area contributed by atoms with Crippen LogP contribution in [0.25, 0.3) is 0 Å². The fraction of sp³-hybridized carbons (Fsp3) is 0.280. The summed E-state index contributed by atoms with van der Waals surface area (Å²) in [6, 6.07) is 30.2. The van der Waals surface area contributed by atoms with E-state index in [2.05, 4.69) is 0 Å². The molecule has 0 bridgehead atoms. The third-order valence-corrected chi connectivity index (χ3v) is 5.47. The highest BCUT2D eigenvalue weighted by Crippen LogP contribution is 2.40. The molecule has 29 heavy (non-hydrogen) atoms. The SMILES string of the molecule is O[C@@H]1CO[C@H](CCOC(c2ccccc2)(c2ccccc2)c2ccccc2)[C@H]1F. The van der Waals surface area contributed by atoms with Gasteiger partial charge in [-0.2, -0.15) is 0 Å². The van der Waals surface area contributed by atoms with E-state index in [9.17, 15) is 9.50 Å². The van der Waals surface area contributed by atoms with Crippen LogP contribution in [0.2, 0.25) is 0 Å². The van der Waals surface area contributed by atoms with Gasteiger partial charge in [0.15, 0.2) is 6.17 Å². The Hall–Kier alpha value is -2.53. The monoisotopic (exact) mass is 392 g/mol. The molecule has 3 aromatic rings. The van der Waals surface area contributed by atoms with Crippen molar-refractivity contribution in [2.24, 2.45) is 0 Å². The van der Waals surface area contributed by atoms with Crippen LogP contribution in [0.4, 0.5) is 4.39 Å². The van der Waals surface area contributed by atoms with Crippen molar-refractivity contribution < 1.29 is 19.0 Å². The van der Waals surface area contributed by atoms with E-state index in [-0.39, 0.29) is 13.2 Å². The van der Waals surface area contributed by atoms with Gasteiger partial charge in [-0.25, -0.2) is 4.39 Å². The van der Waals surface area contributed by atoms with Gasteiger partial charge in [-0.3, -0.25) is 0 Å². The molecule has 1 heterocycles. The number of halogens is 1. The van der Waals surface area contributed by atoms with Crippen molar-refractivity contribution in [2.75, 3.05) is 13.2 Å². The van der Waals surface area contributed by atoms with Crippen LogP contribution in [0, 0.1) is 0 Å². The highest BCUT2D eigenvalue weighted by atomic mass is 19.1. The van der Waals surface area contributed by atoms with E-state index in [1.165, 1.54) is 0 Å². The van der Waals surface area contributed by atoms with E-state index in [0.717, 1.165) is 16.7 Å². The minimum atomic E-state index is -1.38. The van der Waals surface area contributed by atoms with E-state index in [0.29, 0.717) is 6.42 Å². The maximum Gasteiger partial charge on any atom is 0.154 e. The first kappa shape index (κ1) is 19.8.